The number of unbranched alkanes of at least 4 members (excludes halogenated alkanes) is 1. The van der Waals surface area contributed by atoms with Gasteiger partial charge in [-0.15, -0.1) is 11.3 Å². The summed E-state index contributed by atoms with van der Waals surface area (Å²) in [5.41, 5.74) is 3.35. The van der Waals surface area contributed by atoms with Crippen LogP contribution in [0, 0.1) is 0 Å². The van der Waals surface area contributed by atoms with Crippen LogP contribution in [0.25, 0.3) is 27.0 Å². The molecule has 2 amide bonds. The second kappa shape index (κ2) is 11.1. The topological polar surface area (TPSA) is 81.5 Å². The number of carbonyl (C=O) groups is 2. The fraction of sp³-hybridized carbons (Fsp3) is 0.161. The Labute approximate surface area is 239 Å². The SMILES string of the molecule is COc1ccc(-c2csc3nc(SCCCCN4C(=O)c5ccccc5C4=O)n(-c4ccccc4)c(=O)c23)cc1. The van der Waals surface area contributed by atoms with E-state index in [1.54, 1.807) is 35.9 Å². The highest BCUT2D eigenvalue weighted by atomic mass is 32.2. The van der Waals surface area contributed by atoms with E-state index in [0.717, 1.165) is 29.0 Å². The minimum Gasteiger partial charge on any atom is -0.497 e. The highest BCUT2D eigenvalue weighted by Gasteiger charge is 2.34. The molecule has 3 aromatic carbocycles. The monoisotopic (exact) mass is 567 g/mol. The molecule has 3 heterocycles. The summed E-state index contributed by atoms with van der Waals surface area (Å²) in [5, 5.41) is 3.19. The third-order valence-electron chi connectivity index (χ3n) is 6.88. The number of hydrogen-bond acceptors (Lipinski definition) is 7. The van der Waals surface area contributed by atoms with Crippen molar-refractivity contribution >= 4 is 45.1 Å². The van der Waals surface area contributed by atoms with Crippen LogP contribution in [0.2, 0.25) is 0 Å². The van der Waals surface area contributed by atoms with Crippen molar-refractivity contribution in [1.82, 2.24) is 14.5 Å². The molecule has 200 valence electrons. The van der Waals surface area contributed by atoms with Gasteiger partial charge < -0.3 is 4.74 Å². The lowest BCUT2D eigenvalue weighted by Gasteiger charge is -2.14. The molecular formula is C31H25N3O4S2. The molecule has 0 saturated carbocycles. The molecule has 0 unspecified atom stereocenters. The van der Waals surface area contributed by atoms with Gasteiger partial charge in [0.25, 0.3) is 17.4 Å². The van der Waals surface area contributed by atoms with Crippen molar-refractivity contribution in [1.29, 1.82) is 0 Å². The largest absolute Gasteiger partial charge is 0.497 e. The van der Waals surface area contributed by atoms with E-state index in [2.05, 4.69) is 0 Å². The summed E-state index contributed by atoms with van der Waals surface area (Å²) >= 11 is 2.96. The van der Waals surface area contributed by atoms with Crippen LogP contribution in [-0.2, 0) is 0 Å². The van der Waals surface area contributed by atoms with E-state index in [4.69, 9.17) is 9.72 Å². The number of carbonyl (C=O) groups excluding carboxylic acids is 2. The molecule has 0 aliphatic carbocycles. The van der Waals surface area contributed by atoms with Crippen molar-refractivity contribution in [3.8, 4) is 22.6 Å². The van der Waals surface area contributed by atoms with E-state index in [1.165, 1.54) is 28.0 Å². The van der Waals surface area contributed by atoms with Crippen molar-refractivity contribution in [2.45, 2.75) is 18.0 Å². The first-order valence-electron chi connectivity index (χ1n) is 12.9. The smallest absolute Gasteiger partial charge is 0.268 e. The van der Waals surface area contributed by atoms with Crippen molar-refractivity contribution in [3.63, 3.8) is 0 Å². The molecule has 0 bridgehead atoms. The Morgan fingerprint density at radius 2 is 1.50 bits per heavy atom. The Balaban J connectivity index is 1.23. The van der Waals surface area contributed by atoms with Gasteiger partial charge in [-0.2, -0.15) is 0 Å². The number of thiophene rings is 1. The lowest BCUT2D eigenvalue weighted by Crippen LogP contribution is -2.30. The van der Waals surface area contributed by atoms with Crippen LogP contribution in [-0.4, -0.2) is 45.7 Å². The Morgan fingerprint density at radius 3 is 2.17 bits per heavy atom. The maximum Gasteiger partial charge on any atom is 0.268 e. The van der Waals surface area contributed by atoms with E-state index >= 15 is 0 Å². The predicted molar refractivity (Wildman–Crippen MR) is 159 cm³/mol. The Hall–Kier alpha value is -4.21. The van der Waals surface area contributed by atoms with Crippen LogP contribution in [0.3, 0.4) is 0 Å². The maximum atomic E-state index is 14.0. The first-order chi connectivity index (χ1) is 19.6. The molecule has 0 N–H and O–H groups in total. The summed E-state index contributed by atoms with van der Waals surface area (Å²) in [5.74, 6) is 0.974. The number of imide groups is 1. The predicted octanol–water partition coefficient (Wildman–Crippen LogP) is 6.29. The normalized spacial score (nSPS) is 12.8. The highest BCUT2D eigenvalue weighted by molar-refractivity contribution is 7.99. The molecule has 0 saturated heterocycles. The van der Waals surface area contributed by atoms with Gasteiger partial charge in [0.2, 0.25) is 0 Å². The van der Waals surface area contributed by atoms with E-state index in [-0.39, 0.29) is 17.4 Å². The zero-order valence-corrected chi connectivity index (χ0v) is 23.3. The summed E-state index contributed by atoms with van der Waals surface area (Å²) < 4.78 is 6.96. The van der Waals surface area contributed by atoms with Gasteiger partial charge in [-0.1, -0.05) is 54.2 Å². The number of benzene rings is 3. The molecule has 0 atom stereocenters. The average Bonchev–Trinajstić information content (AvgIpc) is 3.53. The van der Waals surface area contributed by atoms with Crippen LogP contribution in [0.1, 0.15) is 33.6 Å². The lowest BCUT2D eigenvalue weighted by atomic mass is 10.1. The molecule has 6 rings (SSSR count). The molecule has 0 fully saturated rings. The molecule has 5 aromatic rings. The fourth-order valence-corrected chi connectivity index (χ4v) is 6.83. The summed E-state index contributed by atoms with van der Waals surface area (Å²) in [4.78, 5) is 46.2. The number of nitrogens with zero attached hydrogens (tertiary/aromatic N) is 3. The third kappa shape index (κ3) is 4.71. The first-order valence-corrected chi connectivity index (χ1v) is 14.8. The van der Waals surface area contributed by atoms with Crippen LogP contribution in [0.15, 0.2) is 94.2 Å². The quantitative estimate of drug-likeness (QED) is 0.0901. The van der Waals surface area contributed by atoms with E-state index in [1.807, 2.05) is 60.0 Å². The Kier molecular flexibility index (Phi) is 7.23. The molecule has 1 aliphatic heterocycles. The van der Waals surface area contributed by atoms with Crippen molar-refractivity contribution in [2.75, 3.05) is 19.4 Å². The molecular weight excluding hydrogens is 542 g/mol. The van der Waals surface area contributed by atoms with E-state index in [0.29, 0.717) is 45.2 Å². The number of amides is 2. The number of methoxy groups -OCH3 is 1. The van der Waals surface area contributed by atoms with Crippen LogP contribution >= 0.6 is 23.1 Å². The van der Waals surface area contributed by atoms with Gasteiger partial charge in [0.05, 0.1) is 29.3 Å². The minimum atomic E-state index is -0.233. The van der Waals surface area contributed by atoms with Gasteiger partial charge in [0.1, 0.15) is 10.6 Å². The van der Waals surface area contributed by atoms with Gasteiger partial charge in [0, 0.05) is 23.2 Å². The molecule has 0 spiro atoms. The van der Waals surface area contributed by atoms with Gasteiger partial charge in [-0.3, -0.25) is 23.9 Å². The number of ether oxygens (including phenoxy) is 1. The molecule has 9 heteroatoms. The minimum absolute atomic E-state index is 0.114. The standard InChI is InChI=1S/C31H25N3O4S2/c1-38-22-15-13-20(14-16-22)25-19-40-27-26(25)30(37)34(21-9-3-2-4-10-21)31(32-27)39-18-8-7-17-33-28(35)23-11-5-6-12-24(23)29(33)36/h2-6,9-16,19H,7-8,17-18H2,1H3. The number of rotatable bonds is 9. The fourth-order valence-electron chi connectivity index (χ4n) is 4.83. The third-order valence-corrected chi connectivity index (χ3v) is 8.77. The Bertz CT molecular complexity index is 1740. The molecule has 40 heavy (non-hydrogen) atoms. The summed E-state index contributed by atoms with van der Waals surface area (Å²) in [6.07, 6.45) is 1.42. The zero-order chi connectivity index (χ0) is 27.6. The highest BCUT2D eigenvalue weighted by Crippen LogP contribution is 2.34. The van der Waals surface area contributed by atoms with Gasteiger partial charge in [0.15, 0.2) is 5.16 Å². The summed E-state index contributed by atoms with van der Waals surface area (Å²) in [6, 6.07) is 24.1. The summed E-state index contributed by atoms with van der Waals surface area (Å²) in [6.45, 7) is 0.362. The van der Waals surface area contributed by atoms with Crippen molar-refractivity contribution < 1.29 is 14.3 Å². The summed E-state index contributed by atoms with van der Waals surface area (Å²) in [7, 11) is 1.63. The lowest BCUT2D eigenvalue weighted by molar-refractivity contribution is 0.0652. The van der Waals surface area contributed by atoms with Crippen molar-refractivity contribution in [3.05, 3.63) is 106 Å². The number of fused-ring (bicyclic) bond motifs is 2. The van der Waals surface area contributed by atoms with Gasteiger partial charge in [-0.25, -0.2) is 4.98 Å². The van der Waals surface area contributed by atoms with Crippen molar-refractivity contribution in [2.24, 2.45) is 0 Å². The Morgan fingerprint density at radius 1 is 0.825 bits per heavy atom. The average molecular weight is 568 g/mol. The van der Waals surface area contributed by atoms with Crippen LogP contribution in [0.5, 0.6) is 5.75 Å². The molecule has 7 nitrogen and oxygen atoms in total. The number of hydrogen-bond donors (Lipinski definition) is 0. The van der Waals surface area contributed by atoms with E-state index < -0.39 is 0 Å². The van der Waals surface area contributed by atoms with E-state index in [9.17, 15) is 14.4 Å². The van der Waals surface area contributed by atoms with Gasteiger partial charge in [-0.05, 0) is 54.8 Å². The van der Waals surface area contributed by atoms with Crippen LogP contribution < -0.4 is 10.3 Å². The second-order valence-corrected chi connectivity index (χ2v) is 11.2. The number of para-hydroxylation sites is 1. The van der Waals surface area contributed by atoms with Gasteiger partial charge >= 0.3 is 0 Å². The number of aromatic nitrogens is 2. The zero-order valence-electron chi connectivity index (χ0n) is 21.7. The molecule has 2 aromatic heterocycles. The molecule has 0 radical (unpaired) electrons. The van der Waals surface area contributed by atoms with Crippen LogP contribution in [0.4, 0.5) is 0 Å². The number of thioether (sulfide) groups is 1. The second-order valence-electron chi connectivity index (χ2n) is 9.29. The maximum absolute atomic E-state index is 14.0. The first kappa shape index (κ1) is 26.0. The molecule has 1 aliphatic rings.